The van der Waals surface area contributed by atoms with Gasteiger partial charge in [-0.25, -0.2) is 4.98 Å². The van der Waals surface area contributed by atoms with E-state index in [1.54, 1.807) is 31.4 Å². The Bertz CT molecular complexity index is 563. The summed E-state index contributed by atoms with van der Waals surface area (Å²) in [5, 5.41) is 12.1. The molecule has 2 aromatic rings. The third kappa shape index (κ3) is 2.03. The zero-order valence-electron chi connectivity index (χ0n) is 8.71. The number of aromatic nitrogens is 2. The second-order valence-electron chi connectivity index (χ2n) is 3.37. The lowest BCUT2D eigenvalue weighted by molar-refractivity contribution is 0.475. The molecule has 0 atom stereocenters. The van der Waals surface area contributed by atoms with Crippen molar-refractivity contribution in [1.82, 2.24) is 9.55 Å². The molecule has 0 radical (unpaired) electrons. The van der Waals surface area contributed by atoms with Crippen molar-refractivity contribution in [3.63, 3.8) is 0 Å². The first kappa shape index (κ1) is 10.2. The normalized spacial score (nSPS) is 10.1. The average molecular weight is 217 g/mol. The molecule has 0 aliphatic rings. The molecule has 1 aromatic heterocycles. The molecule has 1 aromatic carbocycles. The number of nitrogens with zero attached hydrogens (tertiary/aromatic N) is 2. The van der Waals surface area contributed by atoms with Gasteiger partial charge in [0.25, 0.3) is 5.56 Å². The number of nitrogens with one attached hydrogen (secondary N) is 1. The summed E-state index contributed by atoms with van der Waals surface area (Å²) in [5.74, 6) is 0.369. The third-order valence-corrected chi connectivity index (χ3v) is 2.13. The maximum Gasteiger partial charge on any atom is 0.293 e. The molecule has 82 valence electrons. The highest BCUT2D eigenvalue weighted by Crippen LogP contribution is 2.17. The fourth-order valence-corrected chi connectivity index (χ4v) is 1.30. The molecule has 2 N–H and O–H groups in total. The minimum atomic E-state index is -0.217. The van der Waals surface area contributed by atoms with E-state index in [1.165, 1.54) is 16.8 Å². The van der Waals surface area contributed by atoms with Crippen LogP contribution in [0.2, 0.25) is 0 Å². The molecule has 0 amide bonds. The molecule has 5 heteroatoms. The summed E-state index contributed by atoms with van der Waals surface area (Å²) < 4.78 is 1.43. The Balaban J connectivity index is 2.34. The molecule has 16 heavy (non-hydrogen) atoms. The monoisotopic (exact) mass is 217 g/mol. The quantitative estimate of drug-likeness (QED) is 0.794. The average Bonchev–Trinajstić information content (AvgIpc) is 2.25. The van der Waals surface area contributed by atoms with Crippen molar-refractivity contribution >= 4 is 11.5 Å². The van der Waals surface area contributed by atoms with Gasteiger partial charge in [0.05, 0.1) is 0 Å². The lowest BCUT2D eigenvalue weighted by atomic mass is 10.3. The van der Waals surface area contributed by atoms with Gasteiger partial charge in [0.2, 0.25) is 0 Å². The second kappa shape index (κ2) is 4.06. The Labute approximate surface area is 92.0 Å². The van der Waals surface area contributed by atoms with Crippen LogP contribution in [0.4, 0.5) is 11.5 Å². The number of hydrogen-bond acceptors (Lipinski definition) is 4. The van der Waals surface area contributed by atoms with Crippen LogP contribution in [0.3, 0.4) is 0 Å². The van der Waals surface area contributed by atoms with Crippen LogP contribution in [0, 0.1) is 0 Å². The molecular formula is C11H11N3O2. The van der Waals surface area contributed by atoms with Crippen molar-refractivity contribution < 1.29 is 5.11 Å². The molecule has 1 heterocycles. The lowest BCUT2D eigenvalue weighted by Crippen LogP contribution is -2.20. The third-order valence-electron chi connectivity index (χ3n) is 2.13. The summed E-state index contributed by atoms with van der Waals surface area (Å²) in [4.78, 5) is 15.6. The van der Waals surface area contributed by atoms with Gasteiger partial charge in [0, 0.05) is 31.2 Å². The maximum absolute atomic E-state index is 11.6. The van der Waals surface area contributed by atoms with Crippen molar-refractivity contribution in [2.75, 3.05) is 5.32 Å². The van der Waals surface area contributed by atoms with Gasteiger partial charge in [-0.05, 0) is 12.1 Å². The zero-order valence-corrected chi connectivity index (χ0v) is 8.71. The topological polar surface area (TPSA) is 67.2 Å². The molecule has 0 bridgehead atoms. The van der Waals surface area contributed by atoms with Crippen molar-refractivity contribution in [3.05, 3.63) is 47.0 Å². The highest BCUT2D eigenvalue weighted by Gasteiger charge is 2.02. The Morgan fingerprint density at radius 1 is 1.44 bits per heavy atom. The van der Waals surface area contributed by atoms with Crippen LogP contribution >= 0.6 is 0 Å². The molecule has 0 aliphatic carbocycles. The molecule has 0 aliphatic heterocycles. The van der Waals surface area contributed by atoms with E-state index in [0.717, 1.165) is 0 Å². The molecule has 0 spiro atoms. The first-order valence-electron chi connectivity index (χ1n) is 4.74. The molecule has 2 rings (SSSR count). The lowest BCUT2D eigenvalue weighted by Gasteiger charge is -2.05. The minimum absolute atomic E-state index is 0.137. The summed E-state index contributed by atoms with van der Waals surface area (Å²) in [6.07, 6.45) is 3.11. The van der Waals surface area contributed by atoms with E-state index in [9.17, 15) is 9.90 Å². The predicted octanol–water partition coefficient (Wildman–Crippen LogP) is 1.23. The molecule has 0 fully saturated rings. The smallest absolute Gasteiger partial charge is 0.293 e. The number of aromatic hydroxyl groups is 1. The van der Waals surface area contributed by atoms with E-state index in [2.05, 4.69) is 10.3 Å². The molecule has 0 saturated heterocycles. The van der Waals surface area contributed by atoms with Gasteiger partial charge in [0.1, 0.15) is 5.75 Å². The van der Waals surface area contributed by atoms with E-state index in [0.29, 0.717) is 5.69 Å². The molecular weight excluding hydrogens is 206 g/mol. The summed E-state index contributed by atoms with van der Waals surface area (Å²) in [6.45, 7) is 0. The summed E-state index contributed by atoms with van der Waals surface area (Å²) in [7, 11) is 1.65. The first-order chi connectivity index (χ1) is 7.66. The van der Waals surface area contributed by atoms with Crippen molar-refractivity contribution in [2.24, 2.45) is 7.05 Å². The highest BCUT2D eigenvalue weighted by molar-refractivity contribution is 5.57. The Morgan fingerprint density at radius 3 is 3.00 bits per heavy atom. The van der Waals surface area contributed by atoms with Crippen LogP contribution in [-0.2, 0) is 7.05 Å². The van der Waals surface area contributed by atoms with E-state index < -0.39 is 0 Å². The van der Waals surface area contributed by atoms with E-state index in [4.69, 9.17) is 0 Å². The van der Waals surface area contributed by atoms with Crippen LogP contribution in [0.1, 0.15) is 0 Å². The first-order valence-corrected chi connectivity index (χ1v) is 4.74. The van der Waals surface area contributed by atoms with E-state index in [1.807, 2.05) is 0 Å². The number of phenols is 1. The fourth-order valence-electron chi connectivity index (χ4n) is 1.30. The van der Waals surface area contributed by atoms with Gasteiger partial charge >= 0.3 is 0 Å². The Kier molecular flexibility index (Phi) is 2.59. The SMILES string of the molecule is Cn1ccnc(Nc2cccc(O)c2)c1=O. The number of rotatable bonds is 2. The Hall–Kier alpha value is -2.30. The van der Waals surface area contributed by atoms with E-state index in [-0.39, 0.29) is 17.1 Å². The molecule has 0 saturated carbocycles. The largest absolute Gasteiger partial charge is 0.508 e. The standard InChI is InChI=1S/C11H11N3O2/c1-14-6-5-12-10(11(14)16)13-8-3-2-4-9(15)7-8/h2-7,15H,1H3,(H,12,13). The number of aryl methyl sites for hydroxylation is 1. The molecule has 5 nitrogen and oxygen atoms in total. The summed E-state index contributed by atoms with van der Waals surface area (Å²) >= 11 is 0. The maximum atomic E-state index is 11.6. The van der Waals surface area contributed by atoms with Gasteiger partial charge in [-0.2, -0.15) is 0 Å². The highest BCUT2D eigenvalue weighted by atomic mass is 16.3. The van der Waals surface area contributed by atoms with Gasteiger partial charge in [-0.1, -0.05) is 6.07 Å². The number of phenolic OH excluding ortho intramolecular Hbond substituents is 1. The van der Waals surface area contributed by atoms with Crippen LogP contribution in [-0.4, -0.2) is 14.7 Å². The van der Waals surface area contributed by atoms with Crippen molar-refractivity contribution in [1.29, 1.82) is 0 Å². The summed E-state index contributed by atoms with van der Waals surface area (Å²) in [5.41, 5.74) is 0.404. The van der Waals surface area contributed by atoms with Crippen LogP contribution in [0.25, 0.3) is 0 Å². The van der Waals surface area contributed by atoms with E-state index >= 15 is 0 Å². The zero-order chi connectivity index (χ0) is 11.5. The van der Waals surface area contributed by atoms with Crippen LogP contribution in [0.15, 0.2) is 41.5 Å². The fraction of sp³-hybridized carbons (Fsp3) is 0.0909. The number of anilines is 2. The Morgan fingerprint density at radius 2 is 2.25 bits per heavy atom. The van der Waals surface area contributed by atoms with Gasteiger partial charge in [-0.3, -0.25) is 4.79 Å². The molecule has 0 unspecified atom stereocenters. The number of benzene rings is 1. The van der Waals surface area contributed by atoms with Gasteiger partial charge in [-0.15, -0.1) is 0 Å². The number of hydrogen-bond donors (Lipinski definition) is 2. The second-order valence-corrected chi connectivity index (χ2v) is 3.37. The van der Waals surface area contributed by atoms with Gasteiger partial charge in [0.15, 0.2) is 5.82 Å². The van der Waals surface area contributed by atoms with Crippen molar-refractivity contribution in [3.8, 4) is 5.75 Å². The van der Waals surface area contributed by atoms with Gasteiger partial charge < -0.3 is 15.0 Å². The summed E-state index contributed by atoms with van der Waals surface area (Å²) in [6, 6.07) is 6.51. The van der Waals surface area contributed by atoms with Crippen LogP contribution in [0.5, 0.6) is 5.75 Å². The van der Waals surface area contributed by atoms with Crippen molar-refractivity contribution in [2.45, 2.75) is 0 Å². The van der Waals surface area contributed by atoms with Crippen LogP contribution < -0.4 is 10.9 Å². The minimum Gasteiger partial charge on any atom is -0.508 e. The predicted molar refractivity (Wildman–Crippen MR) is 60.9 cm³/mol.